The molecule has 0 aromatic heterocycles. The largest absolute Gasteiger partial charge is 0.393 e. The quantitative estimate of drug-likeness (QED) is 0.882. The van der Waals surface area contributed by atoms with Crippen LogP contribution in [0.2, 0.25) is 0 Å². The van der Waals surface area contributed by atoms with E-state index in [0.717, 1.165) is 25.8 Å². The number of nitrogens with one attached hydrogen (secondary N) is 1. The van der Waals surface area contributed by atoms with E-state index in [0.29, 0.717) is 6.04 Å². The van der Waals surface area contributed by atoms with Crippen LogP contribution in [0.25, 0.3) is 10.8 Å². The van der Waals surface area contributed by atoms with E-state index in [1.807, 2.05) is 0 Å². The highest BCUT2D eigenvalue weighted by atomic mass is 16.3. The maximum atomic E-state index is 9.71. The van der Waals surface area contributed by atoms with Crippen LogP contribution in [0.3, 0.4) is 0 Å². The fourth-order valence-corrected chi connectivity index (χ4v) is 3.05. The second-order valence-corrected chi connectivity index (χ2v) is 5.54. The first-order valence-electron chi connectivity index (χ1n) is 7.21. The molecule has 2 atom stereocenters. The normalized spacial score (nSPS) is 23.6. The predicted octanol–water partition coefficient (Wildman–Crippen LogP) is 3.23. The van der Waals surface area contributed by atoms with E-state index in [1.54, 1.807) is 0 Å². The fourth-order valence-electron chi connectivity index (χ4n) is 3.05. The van der Waals surface area contributed by atoms with E-state index < -0.39 is 0 Å². The van der Waals surface area contributed by atoms with Gasteiger partial charge in [0.1, 0.15) is 0 Å². The summed E-state index contributed by atoms with van der Waals surface area (Å²) in [6, 6.07) is 15.4. The van der Waals surface area contributed by atoms with Gasteiger partial charge in [0.25, 0.3) is 0 Å². The predicted molar refractivity (Wildman–Crippen MR) is 79.1 cm³/mol. The molecule has 2 heteroatoms. The summed E-state index contributed by atoms with van der Waals surface area (Å²) in [6.45, 7) is 0.888. The molecule has 2 nitrogen and oxygen atoms in total. The third-order valence-electron chi connectivity index (χ3n) is 4.11. The summed E-state index contributed by atoms with van der Waals surface area (Å²) in [4.78, 5) is 0. The van der Waals surface area contributed by atoms with Gasteiger partial charge in [-0.3, -0.25) is 0 Å². The average molecular weight is 255 g/mol. The molecule has 1 saturated carbocycles. The molecule has 2 aromatic carbocycles. The zero-order valence-corrected chi connectivity index (χ0v) is 11.2. The molecule has 3 rings (SSSR count). The van der Waals surface area contributed by atoms with Crippen molar-refractivity contribution in [2.24, 2.45) is 0 Å². The first-order chi connectivity index (χ1) is 9.33. The maximum absolute atomic E-state index is 9.71. The molecule has 100 valence electrons. The van der Waals surface area contributed by atoms with Gasteiger partial charge in [-0.15, -0.1) is 0 Å². The summed E-state index contributed by atoms with van der Waals surface area (Å²) in [5, 5.41) is 15.9. The number of rotatable bonds is 3. The van der Waals surface area contributed by atoms with Crippen LogP contribution in [-0.2, 0) is 6.54 Å². The van der Waals surface area contributed by atoms with Crippen LogP contribution >= 0.6 is 0 Å². The number of hydrogen-bond donors (Lipinski definition) is 2. The molecule has 0 bridgehead atoms. The van der Waals surface area contributed by atoms with Crippen LogP contribution in [0.4, 0.5) is 0 Å². The van der Waals surface area contributed by atoms with Crippen molar-refractivity contribution in [3.8, 4) is 0 Å². The smallest absolute Gasteiger partial charge is 0.0555 e. The third-order valence-corrected chi connectivity index (χ3v) is 4.11. The molecule has 0 aliphatic heterocycles. The molecule has 0 heterocycles. The lowest BCUT2D eigenvalue weighted by molar-refractivity contribution is 0.111. The fraction of sp³-hybridized carbons (Fsp3) is 0.412. The van der Waals surface area contributed by atoms with E-state index in [1.165, 1.54) is 22.8 Å². The summed E-state index contributed by atoms with van der Waals surface area (Å²) in [5.41, 5.74) is 1.35. The molecular formula is C17H21NO. The highest BCUT2D eigenvalue weighted by Crippen LogP contribution is 2.21. The lowest BCUT2D eigenvalue weighted by Crippen LogP contribution is -2.35. The van der Waals surface area contributed by atoms with Gasteiger partial charge in [0.2, 0.25) is 0 Å². The Labute approximate surface area is 114 Å². The molecule has 1 fully saturated rings. The SMILES string of the molecule is OC1CCCC(NCc2cccc3ccccc23)C1. The summed E-state index contributed by atoms with van der Waals surface area (Å²) in [7, 11) is 0. The third kappa shape index (κ3) is 2.96. The van der Waals surface area contributed by atoms with E-state index in [9.17, 15) is 5.11 Å². The minimum atomic E-state index is -0.112. The molecule has 0 spiro atoms. The van der Waals surface area contributed by atoms with Crippen molar-refractivity contribution < 1.29 is 5.11 Å². The second-order valence-electron chi connectivity index (χ2n) is 5.54. The van der Waals surface area contributed by atoms with Crippen molar-refractivity contribution in [3.05, 3.63) is 48.0 Å². The summed E-state index contributed by atoms with van der Waals surface area (Å²) >= 11 is 0. The van der Waals surface area contributed by atoms with Crippen molar-refractivity contribution >= 4 is 10.8 Å². The molecule has 0 amide bonds. The topological polar surface area (TPSA) is 32.3 Å². The zero-order chi connectivity index (χ0) is 13.1. The zero-order valence-electron chi connectivity index (χ0n) is 11.2. The van der Waals surface area contributed by atoms with Gasteiger partial charge >= 0.3 is 0 Å². The molecule has 1 aliphatic carbocycles. The molecule has 1 aliphatic rings. The second kappa shape index (κ2) is 5.72. The van der Waals surface area contributed by atoms with Crippen LogP contribution in [-0.4, -0.2) is 17.3 Å². The van der Waals surface area contributed by atoms with Gasteiger partial charge in [0.05, 0.1) is 6.10 Å². The van der Waals surface area contributed by atoms with E-state index in [2.05, 4.69) is 47.8 Å². The van der Waals surface area contributed by atoms with Gasteiger partial charge in [0, 0.05) is 12.6 Å². The van der Waals surface area contributed by atoms with Crippen LogP contribution in [0, 0.1) is 0 Å². The number of fused-ring (bicyclic) bond motifs is 1. The van der Waals surface area contributed by atoms with Crippen LogP contribution in [0.5, 0.6) is 0 Å². The van der Waals surface area contributed by atoms with Crippen molar-refractivity contribution in [2.75, 3.05) is 0 Å². The molecular weight excluding hydrogens is 234 g/mol. The Kier molecular flexibility index (Phi) is 3.81. The van der Waals surface area contributed by atoms with Gasteiger partial charge in [-0.1, -0.05) is 42.5 Å². The Morgan fingerprint density at radius 3 is 2.79 bits per heavy atom. The summed E-state index contributed by atoms with van der Waals surface area (Å²) in [6.07, 6.45) is 4.06. The van der Waals surface area contributed by atoms with E-state index in [-0.39, 0.29) is 6.10 Å². The Bertz CT molecular complexity index is 546. The molecule has 2 N–H and O–H groups in total. The van der Waals surface area contributed by atoms with Crippen molar-refractivity contribution in [3.63, 3.8) is 0 Å². The monoisotopic (exact) mass is 255 g/mol. The molecule has 2 aromatic rings. The van der Waals surface area contributed by atoms with Crippen molar-refractivity contribution in [2.45, 2.75) is 44.4 Å². The number of benzene rings is 2. The van der Waals surface area contributed by atoms with Gasteiger partial charge in [0.15, 0.2) is 0 Å². The molecule has 0 saturated heterocycles. The van der Waals surface area contributed by atoms with Gasteiger partial charge < -0.3 is 10.4 Å². The highest BCUT2D eigenvalue weighted by molar-refractivity contribution is 5.85. The molecule has 0 radical (unpaired) electrons. The first kappa shape index (κ1) is 12.6. The van der Waals surface area contributed by atoms with E-state index >= 15 is 0 Å². The summed E-state index contributed by atoms with van der Waals surface area (Å²) < 4.78 is 0. The average Bonchev–Trinajstić information content (AvgIpc) is 2.45. The van der Waals surface area contributed by atoms with Gasteiger partial charge in [-0.25, -0.2) is 0 Å². The lowest BCUT2D eigenvalue weighted by atomic mass is 9.93. The van der Waals surface area contributed by atoms with Crippen LogP contribution in [0.1, 0.15) is 31.2 Å². The Morgan fingerprint density at radius 2 is 1.89 bits per heavy atom. The molecule has 19 heavy (non-hydrogen) atoms. The van der Waals surface area contributed by atoms with Gasteiger partial charge in [-0.2, -0.15) is 0 Å². The van der Waals surface area contributed by atoms with Crippen LogP contribution < -0.4 is 5.32 Å². The first-order valence-corrected chi connectivity index (χ1v) is 7.21. The maximum Gasteiger partial charge on any atom is 0.0555 e. The van der Waals surface area contributed by atoms with Gasteiger partial charge in [-0.05, 0) is 42.0 Å². The molecule has 2 unspecified atom stereocenters. The Morgan fingerprint density at radius 1 is 1.05 bits per heavy atom. The highest BCUT2D eigenvalue weighted by Gasteiger charge is 2.19. The summed E-state index contributed by atoms with van der Waals surface area (Å²) in [5.74, 6) is 0. The standard InChI is InChI=1S/C17H21NO/c19-16-9-4-8-15(11-16)18-12-14-7-3-6-13-5-1-2-10-17(13)14/h1-3,5-7,10,15-16,18-19H,4,8-9,11-12H2. The number of aliphatic hydroxyl groups excluding tert-OH is 1. The number of hydrogen-bond acceptors (Lipinski definition) is 2. The van der Waals surface area contributed by atoms with Crippen molar-refractivity contribution in [1.82, 2.24) is 5.32 Å². The van der Waals surface area contributed by atoms with Crippen LogP contribution in [0.15, 0.2) is 42.5 Å². The number of aliphatic hydroxyl groups is 1. The Hall–Kier alpha value is -1.38. The Balaban J connectivity index is 1.71. The van der Waals surface area contributed by atoms with E-state index in [4.69, 9.17) is 0 Å². The lowest BCUT2D eigenvalue weighted by Gasteiger charge is -2.27. The van der Waals surface area contributed by atoms with Crippen molar-refractivity contribution in [1.29, 1.82) is 0 Å². The minimum absolute atomic E-state index is 0.112. The minimum Gasteiger partial charge on any atom is -0.393 e.